The molecule has 4 N–H and O–H groups in total. The number of rotatable bonds is 8. The molecule has 0 saturated carbocycles. The highest BCUT2D eigenvalue weighted by molar-refractivity contribution is 7.14. The smallest absolute Gasteiger partial charge is 0.260 e. The number of hydrogen-bond acceptors (Lipinski definition) is 6. The molecule has 0 saturated heterocycles. The molecule has 2 aromatic heterocycles. The monoisotopic (exact) mass is 398 g/mol. The van der Waals surface area contributed by atoms with Gasteiger partial charge in [-0.25, -0.2) is 4.98 Å². The van der Waals surface area contributed by atoms with E-state index in [1.165, 1.54) is 30.1 Å². The van der Waals surface area contributed by atoms with E-state index in [2.05, 4.69) is 27.8 Å². The van der Waals surface area contributed by atoms with Gasteiger partial charge in [-0.2, -0.15) is 0 Å². The quantitative estimate of drug-likeness (QED) is 0.505. The lowest BCUT2D eigenvalue weighted by molar-refractivity contribution is -0.118. The topological polar surface area (TPSA) is 110 Å². The van der Waals surface area contributed by atoms with Crippen molar-refractivity contribution in [3.05, 3.63) is 58.9 Å². The molecule has 0 atom stereocenters. The van der Waals surface area contributed by atoms with Crippen molar-refractivity contribution in [2.24, 2.45) is 5.73 Å². The Bertz CT molecular complexity index is 947. The van der Waals surface area contributed by atoms with Crippen molar-refractivity contribution in [2.45, 2.75) is 26.3 Å². The minimum Gasteiger partial charge on any atom is -0.467 e. The SMILES string of the molecule is CC(=O)NCCCc1ccc(-c2csc(NC(=O)c3coc(CN)c3)n2)cc1. The van der Waals surface area contributed by atoms with Gasteiger partial charge in [-0.1, -0.05) is 24.3 Å². The molecule has 0 aliphatic heterocycles. The van der Waals surface area contributed by atoms with Gasteiger partial charge in [0.1, 0.15) is 12.0 Å². The molecular formula is C20H22N4O3S. The van der Waals surface area contributed by atoms with Crippen LogP contribution in [0.3, 0.4) is 0 Å². The Morgan fingerprint density at radius 2 is 2.04 bits per heavy atom. The summed E-state index contributed by atoms with van der Waals surface area (Å²) in [5.74, 6) is 0.273. The van der Waals surface area contributed by atoms with Crippen LogP contribution in [0.1, 0.15) is 35.0 Å². The van der Waals surface area contributed by atoms with Gasteiger partial charge in [0, 0.05) is 24.4 Å². The van der Waals surface area contributed by atoms with Crippen LogP contribution < -0.4 is 16.4 Å². The van der Waals surface area contributed by atoms with Gasteiger partial charge in [0.25, 0.3) is 5.91 Å². The first kappa shape index (κ1) is 19.8. The summed E-state index contributed by atoms with van der Waals surface area (Å²) >= 11 is 1.37. The highest BCUT2D eigenvalue weighted by Gasteiger charge is 2.12. The number of aromatic nitrogens is 1. The molecule has 0 fully saturated rings. The number of aryl methyl sites for hydroxylation is 1. The van der Waals surface area contributed by atoms with E-state index in [0.29, 0.717) is 23.0 Å². The maximum atomic E-state index is 12.2. The number of hydrogen-bond donors (Lipinski definition) is 3. The van der Waals surface area contributed by atoms with E-state index >= 15 is 0 Å². The molecule has 0 bridgehead atoms. The number of thiazole rings is 1. The molecule has 28 heavy (non-hydrogen) atoms. The molecule has 146 valence electrons. The van der Waals surface area contributed by atoms with Crippen molar-refractivity contribution < 1.29 is 14.0 Å². The van der Waals surface area contributed by atoms with Gasteiger partial charge in [0.15, 0.2) is 5.13 Å². The Morgan fingerprint density at radius 3 is 2.71 bits per heavy atom. The Hall–Kier alpha value is -2.97. The molecule has 3 aromatic rings. The summed E-state index contributed by atoms with van der Waals surface area (Å²) in [5, 5.41) is 8.00. The second kappa shape index (κ2) is 9.29. The fourth-order valence-electron chi connectivity index (χ4n) is 2.64. The van der Waals surface area contributed by atoms with E-state index in [4.69, 9.17) is 10.2 Å². The Balaban J connectivity index is 1.57. The zero-order valence-electron chi connectivity index (χ0n) is 15.5. The lowest BCUT2D eigenvalue weighted by Gasteiger charge is -2.04. The molecule has 3 rings (SSSR count). The van der Waals surface area contributed by atoms with Crippen molar-refractivity contribution in [1.29, 1.82) is 0 Å². The van der Waals surface area contributed by atoms with Crippen LogP contribution in [0.5, 0.6) is 0 Å². The molecule has 8 heteroatoms. The maximum absolute atomic E-state index is 12.2. The van der Waals surface area contributed by atoms with Crippen LogP contribution in [-0.4, -0.2) is 23.3 Å². The number of amides is 2. The fourth-order valence-corrected chi connectivity index (χ4v) is 3.35. The average Bonchev–Trinajstić information content (AvgIpc) is 3.35. The molecular weight excluding hydrogens is 376 g/mol. The van der Waals surface area contributed by atoms with E-state index in [-0.39, 0.29) is 18.4 Å². The minimum atomic E-state index is -0.279. The zero-order valence-corrected chi connectivity index (χ0v) is 16.3. The van der Waals surface area contributed by atoms with Crippen LogP contribution in [0.4, 0.5) is 5.13 Å². The van der Waals surface area contributed by atoms with Gasteiger partial charge in [-0.15, -0.1) is 11.3 Å². The third kappa shape index (κ3) is 5.28. The maximum Gasteiger partial charge on any atom is 0.260 e. The standard InChI is InChI=1S/C20H22N4O3S/c1-13(25)22-8-2-3-14-4-6-15(7-5-14)18-12-28-20(23-18)24-19(26)16-9-17(10-21)27-11-16/h4-7,9,11-12H,2-3,8,10,21H2,1H3,(H,22,25)(H,23,24,26). The third-order valence-corrected chi connectivity index (χ3v) is 4.87. The first-order chi connectivity index (χ1) is 13.5. The van der Waals surface area contributed by atoms with Crippen molar-refractivity contribution in [3.8, 4) is 11.3 Å². The van der Waals surface area contributed by atoms with Gasteiger partial charge in [0.05, 0.1) is 17.8 Å². The molecule has 0 unspecified atom stereocenters. The first-order valence-corrected chi connectivity index (χ1v) is 9.81. The zero-order chi connectivity index (χ0) is 19.9. The molecule has 7 nitrogen and oxygen atoms in total. The largest absolute Gasteiger partial charge is 0.467 e. The summed E-state index contributed by atoms with van der Waals surface area (Å²) in [6.07, 6.45) is 3.18. The number of anilines is 1. The highest BCUT2D eigenvalue weighted by atomic mass is 32.1. The summed E-state index contributed by atoms with van der Waals surface area (Å²) < 4.78 is 5.18. The summed E-state index contributed by atoms with van der Waals surface area (Å²) in [4.78, 5) is 27.6. The van der Waals surface area contributed by atoms with Crippen LogP contribution in [0.2, 0.25) is 0 Å². The molecule has 0 aliphatic rings. The predicted molar refractivity (Wildman–Crippen MR) is 109 cm³/mol. The molecule has 2 heterocycles. The molecule has 1 aromatic carbocycles. The van der Waals surface area contributed by atoms with Crippen LogP contribution in [0.15, 0.2) is 46.4 Å². The molecule has 0 aliphatic carbocycles. The summed E-state index contributed by atoms with van der Waals surface area (Å²) in [6.45, 7) is 2.44. The number of carbonyl (C=O) groups excluding carboxylic acids is 2. The minimum absolute atomic E-state index is 0.00522. The lowest BCUT2D eigenvalue weighted by Crippen LogP contribution is -2.21. The van der Waals surface area contributed by atoms with E-state index in [0.717, 1.165) is 24.1 Å². The van der Waals surface area contributed by atoms with Crippen molar-refractivity contribution in [2.75, 3.05) is 11.9 Å². The Labute approximate surface area is 167 Å². The van der Waals surface area contributed by atoms with Gasteiger partial charge in [-0.3, -0.25) is 14.9 Å². The van der Waals surface area contributed by atoms with Crippen LogP contribution in [-0.2, 0) is 17.8 Å². The molecule has 2 amide bonds. The van der Waals surface area contributed by atoms with Crippen molar-refractivity contribution >= 4 is 28.3 Å². The van der Waals surface area contributed by atoms with Crippen molar-refractivity contribution in [3.63, 3.8) is 0 Å². The lowest BCUT2D eigenvalue weighted by atomic mass is 10.1. The van der Waals surface area contributed by atoms with Gasteiger partial charge >= 0.3 is 0 Å². The van der Waals surface area contributed by atoms with Gasteiger partial charge in [0.2, 0.25) is 5.91 Å². The number of benzene rings is 1. The number of carbonyl (C=O) groups is 2. The summed E-state index contributed by atoms with van der Waals surface area (Å²) in [7, 11) is 0. The first-order valence-electron chi connectivity index (χ1n) is 8.93. The van der Waals surface area contributed by atoms with Gasteiger partial charge in [-0.05, 0) is 24.5 Å². The van der Waals surface area contributed by atoms with Crippen molar-refractivity contribution in [1.82, 2.24) is 10.3 Å². The number of nitrogens with one attached hydrogen (secondary N) is 2. The third-order valence-electron chi connectivity index (χ3n) is 4.11. The molecule has 0 spiro atoms. The van der Waals surface area contributed by atoms with Gasteiger partial charge < -0.3 is 15.5 Å². The highest BCUT2D eigenvalue weighted by Crippen LogP contribution is 2.26. The summed E-state index contributed by atoms with van der Waals surface area (Å²) in [6, 6.07) is 9.76. The van der Waals surface area contributed by atoms with E-state index in [9.17, 15) is 9.59 Å². The number of furan rings is 1. The number of nitrogens with two attached hydrogens (primary N) is 1. The van der Waals surface area contributed by atoms with Crippen LogP contribution in [0, 0.1) is 0 Å². The second-order valence-electron chi connectivity index (χ2n) is 6.28. The van der Waals surface area contributed by atoms with Crippen LogP contribution >= 0.6 is 11.3 Å². The summed E-state index contributed by atoms with van der Waals surface area (Å²) in [5.41, 5.74) is 8.90. The van der Waals surface area contributed by atoms with E-state index < -0.39 is 0 Å². The normalized spacial score (nSPS) is 10.6. The average molecular weight is 398 g/mol. The predicted octanol–water partition coefficient (Wildman–Crippen LogP) is 3.18. The molecule has 0 radical (unpaired) electrons. The fraction of sp³-hybridized carbons (Fsp3) is 0.250. The second-order valence-corrected chi connectivity index (χ2v) is 7.14. The Kier molecular flexibility index (Phi) is 6.57. The van der Waals surface area contributed by atoms with E-state index in [1.54, 1.807) is 6.07 Å². The number of nitrogens with zero attached hydrogens (tertiary/aromatic N) is 1. The van der Waals surface area contributed by atoms with E-state index in [1.807, 2.05) is 17.5 Å². The van der Waals surface area contributed by atoms with Crippen LogP contribution in [0.25, 0.3) is 11.3 Å². The Morgan fingerprint density at radius 1 is 1.25 bits per heavy atom.